The highest BCUT2D eigenvalue weighted by Gasteiger charge is 2.20. The molecule has 0 fully saturated rings. The van der Waals surface area contributed by atoms with Crippen LogP contribution >= 0.6 is 27.5 Å². The van der Waals surface area contributed by atoms with Crippen LogP contribution in [0.3, 0.4) is 0 Å². The van der Waals surface area contributed by atoms with E-state index < -0.39 is 5.38 Å². The van der Waals surface area contributed by atoms with Gasteiger partial charge in [0.1, 0.15) is 21.8 Å². The second-order valence-corrected chi connectivity index (χ2v) is 5.35. The zero-order chi connectivity index (χ0) is 14.7. The SMILES string of the molecule is COc1ccc(C(Cl)c2ccc(F)cc2)c(OC)c1Br. The van der Waals surface area contributed by atoms with Crippen molar-refractivity contribution in [1.82, 2.24) is 0 Å². The molecule has 0 N–H and O–H groups in total. The van der Waals surface area contributed by atoms with E-state index in [0.29, 0.717) is 16.0 Å². The molecule has 1 atom stereocenters. The minimum Gasteiger partial charge on any atom is -0.495 e. The zero-order valence-corrected chi connectivity index (χ0v) is 13.3. The summed E-state index contributed by atoms with van der Waals surface area (Å²) < 4.78 is 24.3. The molecule has 0 aliphatic heterocycles. The number of rotatable bonds is 4. The predicted octanol–water partition coefficient (Wildman–Crippen LogP) is 4.93. The van der Waals surface area contributed by atoms with Crippen LogP contribution in [0.1, 0.15) is 16.5 Å². The van der Waals surface area contributed by atoms with Crippen LogP contribution < -0.4 is 9.47 Å². The molecule has 0 saturated heterocycles. The predicted molar refractivity (Wildman–Crippen MR) is 81.3 cm³/mol. The fourth-order valence-electron chi connectivity index (χ4n) is 1.93. The minimum atomic E-state index is -0.437. The number of methoxy groups -OCH3 is 2. The van der Waals surface area contributed by atoms with Crippen LogP contribution in [0.15, 0.2) is 40.9 Å². The first-order valence-electron chi connectivity index (χ1n) is 5.88. The molecule has 2 rings (SSSR count). The summed E-state index contributed by atoms with van der Waals surface area (Å²) in [6.07, 6.45) is 0. The maximum Gasteiger partial charge on any atom is 0.141 e. The summed E-state index contributed by atoms with van der Waals surface area (Å²) in [5.74, 6) is 0.975. The first-order valence-corrected chi connectivity index (χ1v) is 7.11. The molecule has 0 radical (unpaired) electrons. The maximum atomic E-state index is 13.0. The fourth-order valence-corrected chi connectivity index (χ4v) is 2.93. The maximum absolute atomic E-state index is 13.0. The molecule has 20 heavy (non-hydrogen) atoms. The van der Waals surface area contributed by atoms with Gasteiger partial charge in [-0.2, -0.15) is 0 Å². The summed E-state index contributed by atoms with van der Waals surface area (Å²) in [6, 6.07) is 9.73. The Morgan fingerprint density at radius 3 is 2.25 bits per heavy atom. The van der Waals surface area contributed by atoms with Crippen molar-refractivity contribution in [3.63, 3.8) is 0 Å². The lowest BCUT2D eigenvalue weighted by atomic mass is 10.0. The molecule has 2 nitrogen and oxygen atoms in total. The Morgan fingerprint density at radius 1 is 1.05 bits per heavy atom. The lowest BCUT2D eigenvalue weighted by molar-refractivity contribution is 0.386. The van der Waals surface area contributed by atoms with Gasteiger partial charge in [-0.1, -0.05) is 12.1 Å². The third-order valence-corrected chi connectivity index (χ3v) is 4.19. The normalized spacial score (nSPS) is 12.1. The van der Waals surface area contributed by atoms with Crippen LogP contribution in [0.4, 0.5) is 4.39 Å². The Hall–Kier alpha value is -1.26. The molecule has 0 heterocycles. The summed E-state index contributed by atoms with van der Waals surface area (Å²) >= 11 is 9.91. The van der Waals surface area contributed by atoms with E-state index in [9.17, 15) is 4.39 Å². The Labute approximate surface area is 130 Å². The van der Waals surface area contributed by atoms with Gasteiger partial charge >= 0.3 is 0 Å². The molecule has 0 spiro atoms. The third kappa shape index (κ3) is 2.91. The van der Waals surface area contributed by atoms with E-state index in [1.54, 1.807) is 32.4 Å². The van der Waals surface area contributed by atoms with Crippen molar-refractivity contribution in [2.45, 2.75) is 5.38 Å². The zero-order valence-electron chi connectivity index (χ0n) is 11.0. The molecule has 106 valence electrons. The Balaban J connectivity index is 2.46. The Kier molecular flexibility index (Phi) is 4.89. The van der Waals surface area contributed by atoms with Gasteiger partial charge in [0.2, 0.25) is 0 Å². The smallest absolute Gasteiger partial charge is 0.141 e. The average molecular weight is 360 g/mol. The molecule has 0 aliphatic carbocycles. The lowest BCUT2D eigenvalue weighted by Crippen LogP contribution is -2.00. The van der Waals surface area contributed by atoms with Gasteiger partial charge < -0.3 is 9.47 Å². The van der Waals surface area contributed by atoms with Crippen LogP contribution in [0.25, 0.3) is 0 Å². The molecule has 0 amide bonds. The van der Waals surface area contributed by atoms with Crippen LogP contribution in [0.5, 0.6) is 11.5 Å². The molecule has 0 saturated carbocycles. The number of hydrogen-bond donors (Lipinski definition) is 0. The first kappa shape index (κ1) is 15.1. The number of benzene rings is 2. The molecule has 0 aliphatic rings. The molecule has 5 heteroatoms. The van der Waals surface area contributed by atoms with Gasteiger partial charge in [0, 0.05) is 5.56 Å². The highest BCUT2D eigenvalue weighted by atomic mass is 79.9. The Bertz CT molecular complexity index is 602. The number of alkyl halides is 1. The summed E-state index contributed by atoms with van der Waals surface area (Å²) in [6.45, 7) is 0. The van der Waals surface area contributed by atoms with E-state index in [-0.39, 0.29) is 5.82 Å². The average Bonchev–Trinajstić information content (AvgIpc) is 2.47. The number of hydrogen-bond acceptors (Lipinski definition) is 2. The fraction of sp³-hybridized carbons (Fsp3) is 0.200. The number of halogens is 3. The summed E-state index contributed by atoms with van der Waals surface area (Å²) in [7, 11) is 3.15. The monoisotopic (exact) mass is 358 g/mol. The van der Waals surface area contributed by atoms with Crippen molar-refractivity contribution in [2.75, 3.05) is 14.2 Å². The molecule has 2 aromatic rings. The molecular formula is C15H13BrClFO2. The van der Waals surface area contributed by atoms with Crippen molar-refractivity contribution in [2.24, 2.45) is 0 Å². The molecule has 0 bridgehead atoms. The highest BCUT2D eigenvalue weighted by molar-refractivity contribution is 9.10. The van der Waals surface area contributed by atoms with E-state index >= 15 is 0 Å². The van der Waals surface area contributed by atoms with Gasteiger partial charge in [-0.05, 0) is 45.8 Å². The van der Waals surface area contributed by atoms with E-state index in [0.717, 1.165) is 11.1 Å². The van der Waals surface area contributed by atoms with E-state index in [4.69, 9.17) is 21.1 Å². The van der Waals surface area contributed by atoms with Crippen LogP contribution in [-0.4, -0.2) is 14.2 Å². The topological polar surface area (TPSA) is 18.5 Å². The lowest BCUT2D eigenvalue weighted by Gasteiger charge is -2.17. The van der Waals surface area contributed by atoms with Gasteiger partial charge in [0.25, 0.3) is 0 Å². The largest absolute Gasteiger partial charge is 0.495 e. The molecule has 2 aromatic carbocycles. The third-order valence-electron chi connectivity index (χ3n) is 2.95. The highest BCUT2D eigenvalue weighted by Crippen LogP contribution is 2.43. The van der Waals surface area contributed by atoms with Crippen molar-refractivity contribution in [3.05, 3.63) is 57.8 Å². The van der Waals surface area contributed by atoms with Crippen LogP contribution in [0.2, 0.25) is 0 Å². The molecule has 1 unspecified atom stereocenters. The van der Waals surface area contributed by atoms with E-state index in [2.05, 4.69) is 15.9 Å². The van der Waals surface area contributed by atoms with E-state index in [1.165, 1.54) is 12.1 Å². The quantitative estimate of drug-likeness (QED) is 0.720. The van der Waals surface area contributed by atoms with E-state index in [1.807, 2.05) is 6.07 Å². The van der Waals surface area contributed by atoms with Gasteiger partial charge in [0.05, 0.1) is 19.6 Å². The van der Waals surface area contributed by atoms with Gasteiger partial charge in [0.15, 0.2) is 0 Å². The number of ether oxygens (including phenoxy) is 2. The summed E-state index contributed by atoms with van der Waals surface area (Å²) in [4.78, 5) is 0. The van der Waals surface area contributed by atoms with Crippen LogP contribution in [-0.2, 0) is 0 Å². The second kappa shape index (κ2) is 6.46. The Morgan fingerprint density at radius 2 is 1.70 bits per heavy atom. The van der Waals surface area contributed by atoms with Gasteiger partial charge in [-0.3, -0.25) is 0 Å². The summed E-state index contributed by atoms with van der Waals surface area (Å²) in [5, 5.41) is -0.437. The standard InChI is InChI=1S/C15H13BrClFO2/c1-19-12-8-7-11(15(20-2)13(12)16)14(17)9-3-5-10(18)6-4-9/h3-8,14H,1-2H3. The summed E-state index contributed by atoms with van der Waals surface area (Å²) in [5.41, 5.74) is 1.58. The van der Waals surface area contributed by atoms with Crippen molar-refractivity contribution in [3.8, 4) is 11.5 Å². The molecule has 0 aromatic heterocycles. The first-order chi connectivity index (χ1) is 9.58. The van der Waals surface area contributed by atoms with Crippen molar-refractivity contribution in [1.29, 1.82) is 0 Å². The molecular weight excluding hydrogens is 347 g/mol. The van der Waals surface area contributed by atoms with Gasteiger partial charge in [-0.15, -0.1) is 11.6 Å². The second-order valence-electron chi connectivity index (χ2n) is 4.12. The van der Waals surface area contributed by atoms with Gasteiger partial charge in [-0.25, -0.2) is 4.39 Å². The van der Waals surface area contributed by atoms with Crippen molar-refractivity contribution >= 4 is 27.5 Å². The minimum absolute atomic E-state index is 0.291. The van der Waals surface area contributed by atoms with Crippen LogP contribution in [0, 0.1) is 5.82 Å². The van der Waals surface area contributed by atoms with Crippen molar-refractivity contribution < 1.29 is 13.9 Å².